The summed E-state index contributed by atoms with van der Waals surface area (Å²) in [5.41, 5.74) is 5.22. The first-order valence-electron chi connectivity index (χ1n) is 15.6. The van der Waals surface area contributed by atoms with Gasteiger partial charge in [0.25, 0.3) is 0 Å². The van der Waals surface area contributed by atoms with E-state index in [0.717, 1.165) is 22.6 Å². The van der Waals surface area contributed by atoms with E-state index in [4.69, 9.17) is 6.85 Å². The Morgan fingerprint density at radius 3 is 1.85 bits per heavy atom. The Morgan fingerprint density at radius 1 is 0.500 bits per heavy atom. The van der Waals surface area contributed by atoms with Gasteiger partial charge < -0.3 is 9.80 Å². The second-order valence-corrected chi connectivity index (χ2v) is 10.6. The average Bonchev–Trinajstić information content (AvgIpc) is 3.45. The lowest BCUT2D eigenvalue weighted by molar-refractivity contribution is 1.23. The SMILES string of the molecule is [2H]c1c([2H])c([2H])c(N(c2ccccc2)c2cc(N(c3ccccc3)c3ccc4sc5ccccc5c4c3)ccc2C)c([2H])c1[2H]. The van der Waals surface area contributed by atoms with Gasteiger partial charge in [0.15, 0.2) is 0 Å². The summed E-state index contributed by atoms with van der Waals surface area (Å²) < 4.78 is 45.2. The Labute approximate surface area is 246 Å². The summed E-state index contributed by atoms with van der Waals surface area (Å²) in [4.78, 5) is 3.97. The molecule has 0 aliphatic carbocycles. The molecule has 0 unspecified atom stereocenters. The highest BCUT2D eigenvalue weighted by molar-refractivity contribution is 7.25. The molecule has 40 heavy (non-hydrogen) atoms. The van der Waals surface area contributed by atoms with Gasteiger partial charge in [0.1, 0.15) is 0 Å². The molecule has 0 radical (unpaired) electrons. The van der Waals surface area contributed by atoms with E-state index in [1.807, 2.05) is 67.6 Å². The molecule has 1 aromatic heterocycles. The fraction of sp³-hybridized carbons (Fsp3) is 0.0270. The molecule has 0 fully saturated rings. The molecule has 0 aliphatic heterocycles. The highest BCUT2D eigenvalue weighted by atomic mass is 32.1. The number of para-hydroxylation sites is 3. The first-order chi connectivity index (χ1) is 21.8. The van der Waals surface area contributed by atoms with Crippen LogP contribution in [0.2, 0.25) is 0 Å². The van der Waals surface area contributed by atoms with E-state index in [2.05, 4.69) is 65.6 Å². The summed E-state index contributed by atoms with van der Waals surface area (Å²) in [6, 6.07) is 39.0. The van der Waals surface area contributed by atoms with Crippen molar-refractivity contribution in [3.05, 3.63) is 157 Å². The van der Waals surface area contributed by atoms with Crippen LogP contribution in [0.3, 0.4) is 0 Å². The van der Waals surface area contributed by atoms with Crippen LogP contribution >= 0.6 is 11.3 Å². The topological polar surface area (TPSA) is 6.48 Å². The van der Waals surface area contributed by atoms with Gasteiger partial charge in [-0.25, -0.2) is 0 Å². The molecule has 0 saturated carbocycles. The van der Waals surface area contributed by atoms with Crippen LogP contribution in [0.1, 0.15) is 12.4 Å². The van der Waals surface area contributed by atoms with E-state index in [-0.39, 0.29) is 29.9 Å². The van der Waals surface area contributed by atoms with Gasteiger partial charge in [-0.3, -0.25) is 0 Å². The predicted molar refractivity (Wildman–Crippen MR) is 173 cm³/mol. The molecule has 0 bridgehead atoms. The van der Waals surface area contributed by atoms with Gasteiger partial charge in [0.2, 0.25) is 0 Å². The average molecular weight is 538 g/mol. The smallest absolute Gasteiger partial charge is 0.0645 e. The van der Waals surface area contributed by atoms with E-state index < -0.39 is 6.04 Å². The third kappa shape index (κ3) is 4.41. The van der Waals surface area contributed by atoms with Crippen LogP contribution in [0.5, 0.6) is 0 Å². The van der Waals surface area contributed by atoms with Crippen LogP contribution in [0.25, 0.3) is 20.2 Å². The summed E-state index contributed by atoms with van der Waals surface area (Å²) in [5, 5.41) is 2.40. The van der Waals surface area contributed by atoms with Gasteiger partial charge in [-0.1, -0.05) is 78.8 Å². The number of hydrogen-bond acceptors (Lipinski definition) is 3. The predicted octanol–water partition coefficient (Wildman–Crippen LogP) is 11.3. The van der Waals surface area contributed by atoms with Crippen molar-refractivity contribution in [2.45, 2.75) is 6.92 Å². The monoisotopic (exact) mass is 537 g/mol. The molecule has 0 spiro atoms. The lowest BCUT2D eigenvalue weighted by Crippen LogP contribution is -2.14. The molecule has 6 aromatic carbocycles. The number of aryl methyl sites for hydroxylation is 1. The van der Waals surface area contributed by atoms with E-state index in [9.17, 15) is 0 Å². The molecular weight excluding hydrogens is 504 g/mol. The number of hydrogen-bond donors (Lipinski definition) is 0. The maximum Gasteiger partial charge on any atom is 0.0645 e. The fourth-order valence-electron chi connectivity index (χ4n) is 5.18. The lowest BCUT2D eigenvalue weighted by atomic mass is 10.1. The van der Waals surface area contributed by atoms with Gasteiger partial charge in [-0.15, -0.1) is 11.3 Å². The zero-order valence-corrected chi connectivity index (χ0v) is 22.7. The third-order valence-corrected chi connectivity index (χ3v) is 8.20. The molecule has 2 nitrogen and oxygen atoms in total. The quantitative estimate of drug-likeness (QED) is 0.208. The van der Waals surface area contributed by atoms with Crippen molar-refractivity contribution in [2.24, 2.45) is 0 Å². The van der Waals surface area contributed by atoms with E-state index in [1.165, 1.54) is 20.2 Å². The largest absolute Gasteiger partial charge is 0.310 e. The highest BCUT2D eigenvalue weighted by Gasteiger charge is 2.19. The van der Waals surface area contributed by atoms with Gasteiger partial charge in [0.05, 0.1) is 12.5 Å². The van der Waals surface area contributed by atoms with Crippen LogP contribution in [0, 0.1) is 6.92 Å². The Morgan fingerprint density at radius 2 is 1.10 bits per heavy atom. The van der Waals surface area contributed by atoms with Gasteiger partial charge in [-0.05, 0) is 85.2 Å². The molecule has 7 rings (SSSR count). The molecule has 0 atom stereocenters. The summed E-state index contributed by atoms with van der Waals surface area (Å²) >= 11 is 1.78. The highest BCUT2D eigenvalue weighted by Crippen LogP contribution is 2.43. The van der Waals surface area contributed by atoms with E-state index in [1.54, 1.807) is 16.2 Å². The van der Waals surface area contributed by atoms with Crippen molar-refractivity contribution in [2.75, 3.05) is 9.80 Å². The van der Waals surface area contributed by atoms with E-state index >= 15 is 0 Å². The minimum absolute atomic E-state index is 0.102. The molecule has 1 heterocycles. The van der Waals surface area contributed by atoms with Crippen LogP contribution < -0.4 is 9.80 Å². The number of fused-ring (bicyclic) bond motifs is 3. The molecular formula is C37H28N2S. The number of rotatable bonds is 6. The van der Waals surface area contributed by atoms with Crippen LogP contribution in [0.15, 0.2) is 152 Å². The number of anilines is 6. The molecule has 7 aromatic rings. The van der Waals surface area contributed by atoms with Gasteiger partial charge in [-0.2, -0.15) is 0 Å². The number of benzene rings is 6. The molecule has 3 heteroatoms. The van der Waals surface area contributed by atoms with Crippen molar-refractivity contribution < 1.29 is 6.85 Å². The number of thiophene rings is 1. The lowest BCUT2D eigenvalue weighted by Gasteiger charge is -2.30. The second kappa shape index (κ2) is 10.4. The molecule has 0 amide bonds. The van der Waals surface area contributed by atoms with Crippen LogP contribution in [-0.2, 0) is 0 Å². The zero-order valence-electron chi connectivity index (χ0n) is 26.8. The molecule has 0 saturated heterocycles. The Hall–Kier alpha value is -4.86. The van der Waals surface area contributed by atoms with Crippen molar-refractivity contribution in [1.29, 1.82) is 0 Å². The van der Waals surface area contributed by atoms with Crippen LogP contribution in [0.4, 0.5) is 34.1 Å². The minimum Gasteiger partial charge on any atom is -0.310 e. The van der Waals surface area contributed by atoms with Crippen molar-refractivity contribution in [1.82, 2.24) is 0 Å². The fourth-order valence-corrected chi connectivity index (χ4v) is 6.26. The standard InChI is InChI=1S/C37H28N2S/c1-27-21-22-32(26-35(27)39(29-15-7-3-8-16-29)30-17-9-4-10-18-30)38(28-13-5-2-6-14-28)31-23-24-37-34(25-31)33-19-11-12-20-36(33)40-37/h2-26H,1H3/i3D,7D,8D,15D,16D. The number of nitrogens with zero attached hydrogens (tertiary/aromatic N) is 2. The zero-order chi connectivity index (χ0) is 31.2. The molecule has 0 N–H and O–H groups in total. The van der Waals surface area contributed by atoms with Gasteiger partial charge in [0, 0.05) is 48.6 Å². The van der Waals surface area contributed by atoms with Crippen LogP contribution in [-0.4, -0.2) is 0 Å². The first kappa shape index (κ1) is 19.2. The normalized spacial score (nSPS) is 12.9. The summed E-state index contributed by atoms with van der Waals surface area (Å²) in [6.07, 6.45) is 0. The van der Waals surface area contributed by atoms with Crippen molar-refractivity contribution in [3.8, 4) is 0 Å². The Kier molecular flexibility index (Phi) is 4.99. The Balaban J connectivity index is 1.47. The molecule has 192 valence electrons. The van der Waals surface area contributed by atoms with Gasteiger partial charge >= 0.3 is 0 Å². The van der Waals surface area contributed by atoms with Crippen molar-refractivity contribution >= 4 is 65.6 Å². The second-order valence-electron chi connectivity index (χ2n) is 9.56. The minimum atomic E-state index is -0.418. The Bertz CT molecular complexity index is 2170. The van der Waals surface area contributed by atoms with Crippen molar-refractivity contribution in [3.63, 3.8) is 0 Å². The summed E-state index contributed by atoms with van der Waals surface area (Å²) in [7, 11) is 0. The summed E-state index contributed by atoms with van der Waals surface area (Å²) in [5.74, 6) is 0. The van der Waals surface area contributed by atoms with E-state index in [0.29, 0.717) is 11.4 Å². The third-order valence-electron chi connectivity index (χ3n) is 7.05. The first-order valence-corrected chi connectivity index (χ1v) is 13.9. The summed E-state index contributed by atoms with van der Waals surface area (Å²) in [6.45, 7) is 1.97. The maximum atomic E-state index is 8.85. The molecule has 0 aliphatic rings. The maximum absolute atomic E-state index is 8.85.